The molecule has 0 aromatic carbocycles. The SMILES string of the molecule is CCC(C)(OC)c1noc(COC2(C)CNC2)n1. The number of nitrogens with zero attached hydrogens (tertiary/aromatic N) is 2. The van der Waals surface area contributed by atoms with Gasteiger partial charge in [0.2, 0.25) is 5.82 Å². The number of hydrogen-bond acceptors (Lipinski definition) is 6. The van der Waals surface area contributed by atoms with Crippen LogP contribution in [0.2, 0.25) is 0 Å². The van der Waals surface area contributed by atoms with E-state index in [1.165, 1.54) is 0 Å². The van der Waals surface area contributed by atoms with Gasteiger partial charge in [-0.05, 0) is 20.3 Å². The van der Waals surface area contributed by atoms with Gasteiger partial charge in [-0.1, -0.05) is 12.1 Å². The summed E-state index contributed by atoms with van der Waals surface area (Å²) in [5.74, 6) is 1.07. The van der Waals surface area contributed by atoms with E-state index < -0.39 is 5.60 Å². The Labute approximate surface area is 107 Å². The number of aromatic nitrogens is 2. The van der Waals surface area contributed by atoms with E-state index >= 15 is 0 Å². The summed E-state index contributed by atoms with van der Waals surface area (Å²) in [6, 6.07) is 0. The number of methoxy groups -OCH3 is 1. The standard InChI is InChI=1S/C12H21N3O3/c1-5-12(3,16-4)10-14-9(18-15-10)6-17-11(2)7-13-8-11/h13H,5-8H2,1-4H3. The van der Waals surface area contributed by atoms with Crippen LogP contribution in [-0.4, -0.2) is 35.9 Å². The van der Waals surface area contributed by atoms with Crippen molar-refractivity contribution in [3.8, 4) is 0 Å². The van der Waals surface area contributed by atoms with E-state index in [0.717, 1.165) is 19.5 Å². The molecule has 6 heteroatoms. The van der Waals surface area contributed by atoms with Gasteiger partial charge in [-0.3, -0.25) is 0 Å². The van der Waals surface area contributed by atoms with Gasteiger partial charge in [0.1, 0.15) is 12.2 Å². The van der Waals surface area contributed by atoms with Crippen LogP contribution in [0.4, 0.5) is 0 Å². The zero-order valence-corrected chi connectivity index (χ0v) is 11.4. The molecule has 102 valence electrons. The van der Waals surface area contributed by atoms with Crippen molar-refractivity contribution in [2.75, 3.05) is 20.2 Å². The minimum atomic E-state index is -0.496. The van der Waals surface area contributed by atoms with E-state index in [1.807, 2.05) is 13.8 Å². The quantitative estimate of drug-likeness (QED) is 0.824. The first-order valence-electron chi connectivity index (χ1n) is 6.24. The highest BCUT2D eigenvalue weighted by Gasteiger charge is 2.34. The van der Waals surface area contributed by atoms with Crippen molar-refractivity contribution in [1.82, 2.24) is 15.5 Å². The highest BCUT2D eigenvalue weighted by molar-refractivity contribution is 4.99. The molecule has 0 bridgehead atoms. The van der Waals surface area contributed by atoms with E-state index in [2.05, 4.69) is 22.4 Å². The molecule has 0 amide bonds. The van der Waals surface area contributed by atoms with E-state index in [4.69, 9.17) is 14.0 Å². The van der Waals surface area contributed by atoms with Crippen LogP contribution >= 0.6 is 0 Å². The van der Waals surface area contributed by atoms with E-state index in [1.54, 1.807) is 7.11 Å². The molecule has 6 nitrogen and oxygen atoms in total. The first-order chi connectivity index (χ1) is 8.51. The highest BCUT2D eigenvalue weighted by Crippen LogP contribution is 2.26. The van der Waals surface area contributed by atoms with Crippen LogP contribution in [0.3, 0.4) is 0 Å². The maximum absolute atomic E-state index is 5.75. The first kappa shape index (κ1) is 13.5. The highest BCUT2D eigenvalue weighted by atomic mass is 16.5. The van der Waals surface area contributed by atoms with Crippen molar-refractivity contribution in [2.45, 2.75) is 45.0 Å². The number of ether oxygens (including phenoxy) is 2. The lowest BCUT2D eigenvalue weighted by atomic mass is 10.0. The monoisotopic (exact) mass is 255 g/mol. The van der Waals surface area contributed by atoms with E-state index in [9.17, 15) is 0 Å². The number of nitrogens with one attached hydrogen (secondary N) is 1. The maximum atomic E-state index is 5.75. The van der Waals surface area contributed by atoms with Crippen molar-refractivity contribution in [2.24, 2.45) is 0 Å². The molecule has 1 fully saturated rings. The molecule has 0 radical (unpaired) electrons. The fraction of sp³-hybridized carbons (Fsp3) is 0.833. The predicted octanol–water partition coefficient (Wildman–Crippen LogP) is 1.22. The Morgan fingerprint density at radius 3 is 2.72 bits per heavy atom. The summed E-state index contributed by atoms with van der Waals surface area (Å²) in [4.78, 5) is 4.34. The molecule has 2 rings (SSSR count). The Hall–Kier alpha value is -0.980. The summed E-state index contributed by atoms with van der Waals surface area (Å²) < 4.78 is 16.4. The molecule has 1 aliphatic heterocycles. The third kappa shape index (κ3) is 2.55. The topological polar surface area (TPSA) is 69.4 Å². The lowest BCUT2D eigenvalue weighted by Crippen LogP contribution is -2.58. The predicted molar refractivity (Wildman–Crippen MR) is 65.0 cm³/mol. The average Bonchev–Trinajstić information content (AvgIpc) is 2.82. The Bertz CT molecular complexity index is 397. The average molecular weight is 255 g/mol. The molecule has 1 saturated heterocycles. The first-order valence-corrected chi connectivity index (χ1v) is 6.24. The minimum Gasteiger partial charge on any atom is -0.370 e. The van der Waals surface area contributed by atoms with Crippen molar-refractivity contribution >= 4 is 0 Å². The van der Waals surface area contributed by atoms with Crippen molar-refractivity contribution < 1.29 is 14.0 Å². The van der Waals surface area contributed by atoms with Crippen LogP contribution in [0.25, 0.3) is 0 Å². The smallest absolute Gasteiger partial charge is 0.252 e. The summed E-state index contributed by atoms with van der Waals surface area (Å²) in [7, 11) is 1.65. The summed E-state index contributed by atoms with van der Waals surface area (Å²) in [6.07, 6.45) is 0.783. The fourth-order valence-corrected chi connectivity index (χ4v) is 1.74. The molecule has 0 saturated carbocycles. The zero-order chi connectivity index (χ0) is 13.2. The third-order valence-electron chi connectivity index (χ3n) is 3.61. The van der Waals surface area contributed by atoms with Crippen LogP contribution in [-0.2, 0) is 21.7 Å². The second-order valence-corrected chi connectivity index (χ2v) is 5.14. The van der Waals surface area contributed by atoms with Gasteiger partial charge in [-0.25, -0.2) is 0 Å². The van der Waals surface area contributed by atoms with Crippen molar-refractivity contribution in [1.29, 1.82) is 0 Å². The Morgan fingerprint density at radius 2 is 2.22 bits per heavy atom. The zero-order valence-electron chi connectivity index (χ0n) is 11.4. The molecule has 1 aliphatic rings. The van der Waals surface area contributed by atoms with Crippen LogP contribution in [0, 0.1) is 0 Å². The summed E-state index contributed by atoms with van der Waals surface area (Å²) in [6.45, 7) is 8.09. The van der Waals surface area contributed by atoms with Gasteiger partial charge in [-0.15, -0.1) is 0 Å². The van der Waals surface area contributed by atoms with Crippen LogP contribution < -0.4 is 5.32 Å². The Morgan fingerprint density at radius 1 is 1.50 bits per heavy atom. The second kappa shape index (κ2) is 4.95. The van der Waals surface area contributed by atoms with Gasteiger partial charge < -0.3 is 19.3 Å². The minimum absolute atomic E-state index is 0.107. The Balaban J connectivity index is 1.97. The summed E-state index contributed by atoms with van der Waals surface area (Å²) in [5.41, 5.74) is -0.604. The second-order valence-electron chi connectivity index (χ2n) is 5.14. The lowest BCUT2D eigenvalue weighted by Gasteiger charge is -2.38. The fourth-order valence-electron chi connectivity index (χ4n) is 1.74. The summed E-state index contributed by atoms with van der Waals surface area (Å²) in [5, 5.41) is 7.14. The van der Waals surface area contributed by atoms with Gasteiger partial charge in [0.15, 0.2) is 0 Å². The van der Waals surface area contributed by atoms with Crippen molar-refractivity contribution in [3.05, 3.63) is 11.7 Å². The molecule has 1 N–H and O–H groups in total. The Kier molecular flexibility index (Phi) is 3.70. The molecule has 1 aromatic rings. The molecular formula is C12H21N3O3. The molecule has 1 unspecified atom stereocenters. The molecule has 18 heavy (non-hydrogen) atoms. The van der Waals surface area contributed by atoms with E-state index in [0.29, 0.717) is 18.3 Å². The largest absolute Gasteiger partial charge is 0.370 e. The third-order valence-corrected chi connectivity index (χ3v) is 3.61. The molecule has 2 heterocycles. The van der Waals surface area contributed by atoms with Gasteiger partial charge in [-0.2, -0.15) is 4.98 Å². The van der Waals surface area contributed by atoms with E-state index in [-0.39, 0.29) is 5.60 Å². The molecule has 1 aromatic heterocycles. The van der Waals surface area contributed by atoms with Gasteiger partial charge in [0, 0.05) is 20.2 Å². The number of hydrogen-bond donors (Lipinski definition) is 1. The molecular weight excluding hydrogens is 234 g/mol. The molecule has 1 atom stereocenters. The van der Waals surface area contributed by atoms with Crippen molar-refractivity contribution in [3.63, 3.8) is 0 Å². The van der Waals surface area contributed by atoms with Gasteiger partial charge in [0.25, 0.3) is 5.89 Å². The number of rotatable bonds is 6. The normalized spacial score (nSPS) is 21.3. The molecule has 0 spiro atoms. The molecule has 0 aliphatic carbocycles. The maximum Gasteiger partial charge on any atom is 0.252 e. The van der Waals surface area contributed by atoms with Gasteiger partial charge >= 0.3 is 0 Å². The van der Waals surface area contributed by atoms with Gasteiger partial charge in [0.05, 0.1) is 5.60 Å². The van der Waals surface area contributed by atoms with Crippen LogP contribution in [0.15, 0.2) is 4.52 Å². The van der Waals surface area contributed by atoms with Crippen LogP contribution in [0.5, 0.6) is 0 Å². The lowest BCUT2D eigenvalue weighted by molar-refractivity contribution is -0.0841. The van der Waals surface area contributed by atoms with Crippen LogP contribution in [0.1, 0.15) is 38.9 Å². The summed E-state index contributed by atoms with van der Waals surface area (Å²) >= 11 is 0.